The van der Waals surface area contributed by atoms with Crippen molar-refractivity contribution in [2.24, 2.45) is 0 Å². The Labute approximate surface area is 120 Å². The van der Waals surface area contributed by atoms with Crippen LogP contribution >= 0.6 is 11.3 Å². The quantitative estimate of drug-likeness (QED) is 0.915. The maximum absolute atomic E-state index is 5.64. The molecule has 2 rings (SSSR count). The van der Waals surface area contributed by atoms with Crippen molar-refractivity contribution in [1.29, 1.82) is 0 Å². The molecular formula is C15H26N2OS. The smallest absolute Gasteiger partial charge is 0.113 e. The lowest BCUT2D eigenvalue weighted by atomic mass is 9.90. The van der Waals surface area contributed by atoms with E-state index in [1.54, 1.807) is 11.3 Å². The summed E-state index contributed by atoms with van der Waals surface area (Å²) in [5, 5.41) is 7.24. The summed E-state index contributed by atoms with van der Waals surface area (Å²) >= 11 is 1.81. The number of thiazole rings is 1. The predicted octanol–water partition coefficient (Wildman–Crippen LogP) is 3.66. The van der Waals surface area contributed by atoms with Crippen LogP contribution < -0.4 is 5.32 Å². The molecule has 4 heteroatoms. The van der Waals surface area contributed by atoms with Crippen LogP contribution in [-0.2, 0) is 10.3 Å². The number of nitrogens with one attached hydrogen (secondary N) is 1. The Morgan fingerprint density at radius 3 is 2.68 bits per heavy atom. The molecule has 1 N–H and O–H groups in total. The van der Waals surface area contributed by atoms with Gasteiger partial charge in [-0.05, 0) is 39.0 Å². The minimum atomic E-state index is 0.0163. The van der Waals surface area contributed by atoms with Gasteiger partial charge in [-0.15, -0.1) is 11.3 Å². The fraction of sp³-hybridized carbons (Fsp3) is 0.800. The molecule has 1 saturated heterocycles. The van der Waals surface area contributed by atoms with Crippen LogP contribution in [0.25, 0.3) is 0 Å². The predicted molar refractivity (Wildman–Crippen MR) is 80.8 cm³/mol. The second kappa shape index (κ2) is 6.33. The van der Waals surface area contributed by atoms with Gasteiger partial charge in [0.15, 0.2) is 0 Å². The molecule has 19 heavy (non-hydrogen) atoms. The first-order chi connectivity index (χ1) is 9.03. The average molecular weight is 282 g/mol. The lowest BCUT2D eigenvalue weighted by Gasteiger charge is -2.33. The minimum absolute atomic E-state index is 0.0163. The summed E-state index contributed by atoms with van der Waals surface area (Å²) in [4.78, 5) is 4.90. The van der Waals surface area contributed by atoms with Gasteiger partial charge < -0.3 is 10.1 Å². The van der Waals surface area contributed by atoms with E-state index in [-0.39, 0.29) is 5.54 Å². The van der Waals surface area contributed by atoms with Crippen molar-refractivity contribution in [2.75, 3.05) is 13.2 Å². The molecule has 1 aliphatic heterocycles. The van der Waals surface area contributed by atoms with E-state index in [2.05, 4.69) is 38.4 Å². The highest BCUT2D eigenvalue weighted by Gasteiger charge is 2.36. The van der Waals surface area contributed by atoms with Gasteiger partial charge in [0.25, 0.3) is 0 Å². The first-order valence-electron chi connectivity index (χ1n) is 7.35. The van der Waals surface area contributed by atoms with Crippen molar-refractivity contribution < 1.29 is 4.74 Å². The Morgan fingerprint density at radius 2 is 2.05 bits per heavy atom. The third kappa shape index (κ3) is 3.56. The normalized spacial score (nSPS) is 24.9. The molecule has 1 fully saturated rings. The van der Waals surface area contributed by atoms with E-state index in [1.165, 1.54) is 10.7 Å². The van der Waals surface area contributed by atoms with Crippen LogP contribution in [0, 0.1) is 0 Å². The zero-order valence-electron chi connectivity index (χ0n) is 12.5. The highest BCUT2D eigenvalue weighted by Crippen LogP contribution is 2.36. The van der Waals surface area contributed by atoms with Crippen LogP contribution in [0.3, 0.4) is 0 Å². The van der Waals surface area contributed by atoms with E-state index in [9.17, 15) is 0 Å². The summed E-state index contributed by atoms with van der Waals surface area (Å²) in [5.41, 5.74) is 1.23. The van der Waals surface area contributed by atoms with E-state index in [0.29, 0.717) is 12.0 Å². The molecule has 0 amide bonds. The first-order valence-corrected chi connectivity index (χ1v) is 8.23. The molecule has 1 unspecified atom stereocenters. The van der Waals surface area contributed by atoms with Crippen LogP contribution in [0.2, 0.25) is 0 Å². The molecular weight excluding hydrogens is 256 g/mol. The van der Waals surface area contributed by atoms with Crippen molar-refractivity contribution in [3.05, 3.63) is 16.1 Å². The Bertz CT molecular complexity index is 393. The molecule has 0 saturated carbocycles. The van der Waals surface area contributed by atoms with Gasteiger partial charge >= 0.3 is 0 Å². The minimum Gasteiger partial charge on any atom is -0.381 e. The van der Waals surface area contributed by atoms with Gasteiger partial charge in [-0.25, -0.2) is 4.98 Å². The molecule has 0 aromatic carbocycles. The van der Waals surface area contributed by atoms with Crippen molar-refractivity contribution in [2.45, 2.75) is 64.5 Å². The zero-order chi connectivity index (χ0) is 13.9. The van der Waals surface area contributed by atoms with Gasteiger partial charge in [-0.3, -0.25) is 0 Å². The van der Waals surface area contributed by atoms with Crippen LogP contribution in [-0.4, -0.2) is 24.2 Å². The maximum Gasteiger partial charge on any atom is 0.113 e. The summed E-state index contributed by atoms with van der Waals surface area (Å²) in [5.74, 6) is 0.503. The van der Waals surface area contributed by atoms with Crippen molar-refractivity contribution in [3.63, 3.8) is 0 Å². The van der Waals surface area contributed by atoms with E-state index in [4.69, 9.17) is 9.72 Å². The molecule has 3 nitrogen and oxygen atoms in total. The van der Waals surface area contributed by atoms with E-state index in [0.717, 1.165) is 32.5 Å². The Hall–Kier alpha value is -0.450. The summed E-state index contributed by atoms with van der Waals surface area (Å²) < 4.78 is 5.64. The van der Waals surface area contributed by atoms with E-state index in [1.807, 2.05) is 0 Å². The molecule has 2 heterocycles. The summed E-state index contributed by atoms with van der Waals surface area (Å²) in [6.45, 7) is 10.5. The van der Waals surface area contributed by atoms with E-state index < -0.39 is 0 Å². The van der Waals surface area contributed by atoms with Gasteiger partial charge in [0, 0.05) is 24.6 Å². The molecule has 0 aliphatic carbocycles. The lowest BCUT2D eigenvalue weighted by molar-refractivity contribution is 0.135. The Balaban J connectivity index is 2.29. The first kappa shape index (κ1) is 14.9. The van der Waals surface area contributed by atoms with Crippen LogP contribution in [0.1, 0.15) is 63.6 Å². The number of hydrogen-bond acceptors (Lipinski definition) is 4. The molecule has 1 aromatic rings. The molecule has 0 radical (unpaired) electrons. The number of nitrogens with zero attached hydrogens (tertiary/aromatic N) is 1. The average Bonchev–Trinajstić information content (AvgIpc) is 2.72. The summed E-state index contributed by atoms with van der Waals surface area (Å²) in [6, 6.07) is 0.462. The second-order valence-electron chi connectivity index (χ2n) is 6.08. The van der Waals surface area contributed by atoms with Gasteiger partial charge in [-0.2, -0.15) is 0 Å². The zero-order valence-corrected chi connectivity index (χ0v) is 13.3. The van der Waals surface area contributed by atoms with Crippen molar-refractivity contribution in [1.82, 2.24) is 10.3 Å². The number of hydrogen-bond donors (Lipinski definition) is 1. The monoisotopic (exact) mass is 282 g/mol. The van der Waals surface area contributed by atoms with E-state index >= 15 is 0 Å². The molecule has 0 bridgehead atoms. The van der Waals surface area contributed by atoms with Crippen molar-refractivity contribution in [3.8, 4) is 0 Å². The SMILES string of the molecule is CC(C)NC1(c2nc(C(C)C)cs2)CCCOCC1. The molecule has 1 aromatic heterocycles. The van der Waals surface area contributed by atoms with Crippen LogP contribution in [0.5, 0.6) is 0 Å². The lowest BCUT2D eigenvalue weighted by Crippen LogP contribution is -2.46. The topological polar surface area (TPSA) is 34.2 Å². The summed E-state index contributed by atoms with van der Waals surface area (Å²) in [7, 11) is 0. The summed E-state index contributed by atoms with van der Waals surface area (Å²) in [6.07, 6.45) is 3.25. The third-order valence-corrected chi connectivity index (χ3v) is 4.72. The number of aromatic nitrogens is 1. The standard InChI is InChI=1S/C15H26N2OS/c1-11(2)13-10-19-14(16-13)15(17-12(3)4)6-5-8-18-9-7-15/h10-12,17H,5-9H2,1-4H3. The van der Waals surface area contributed by atoms with Crippen LogP contribution in [0.4, 0.5) is 0 Å². The Kier molecular flexibility index (Phi) is 4.98. The molecule has 1 atom stereocenters. The molecule has 1 aliphatic rings. The molecule has 0 spiro atoms. The van der Waals surface area contributed by atoms with Crippen molar-refractivity contribution >= 4 is 11.3 Å². The van der Waals surface area contributed by atoms with Gasteiger partial charge in [0.1, 0.15) is 5.01 Å². The van der Waals surface area contributed by atoms with Gasteiger partial charge in [-0.1, -0.05) is 13.8 Å². The fourth-order valence-electron chi connectivity index (χ4n) is 2.69. The van der Waals surface area contributed by atoms with Crippen LogP contribution in [0.15, 0.2) is 5.38 Å². The Morgan fingerprint density at radius 1 is 1.26 bits per heavy atom. The third-order valence-electron chi connectivity index (χ3n) is 3.65. The maximum atomic E-state index is 5.64. The highest BCUT2D eigenvalue weighted by molar-refractivity contribution is 7.09. The second-order valence-corrected chi connectivity index (χ2v) is 6.94. The fourth-order valence-corrected chi connectivity index (χ4v) is 3.90. The van der Waals surface area contributed by atoms with Gasteiger partial charge in [0.2, 0.25) is 0 Å². The largest absolute Gasteiger partial charge is 0.381 e. The van der Waals surface area contributed by atoms with Gasteiger partial charge in [0.05, 0.1) is 11.2 Å². The molecule has 108 valence electrons. The number of rotatable bonds is 4. The number of ether oxygens (including phenoxy) is 1. The highest BCUT2D eigenvalue weighted by atomic mass is 32.1.